The average Bonchev–Trinajstić information content (AvgIpc) is 3.39. The number of piperazine rings is 1. The fourth-order valence-corrected chi connectivity index (χ4v) is 5.12. The van der Waals surface area contributed by atoms with Crippen LogP contribution in [0.25, 0.3) is 0 Å². The normalized spacial score (nSPS) is 14.9. The van der Waals surface area contributed by atoms with Crippen molar-refractivity contribution >= 4 is 52.0 Å². The van der Waals surface area contributed by atoms with Crippen LogP contribution in [0.1, 0.15) is 22.5 Å². The molecule has 0 bridgehead atoms. The fraction of sp³-hybridized carbons (Fsp3) is 0.364. The summed E-state index contributed by atoms with van der Waals surface area (Å²) < 4.78 is 29.5. The number of amides is 1. The lowest BCUT2D eigenvalue weighted by atomic mass is 10.1. The van der Waals surface area contributed by atoms with E-state index in [0.717, 1.165) is 12.8 Å². The summed E-state index contributed by atoms with van der Waals surface area (Å²) in [5.74, 6) is -0.128. The van der Waals surface area contributed by atoms with Gasteiger partial charge in [-0.05, 0) is 36.2 Å². The second-order valence-electron chi connectivity index (χ2n) is 7.21. The van der Waals surface area contributed by atoms with E-state index >= 15 is 0 Å². The number of allylic oxidation sites excluding steroid dienone is 2. The summed E-state index contributed by atoms with van der Waals surface area (Å²) in [4.78, 5) is 18.7. The van der Waals surface area contributed by atoms with E-state index in [1.807, 2.05) is 34.6 Å². The predicted molar refractivity (Wildman–Crippen MR) is 147 cm³/mol. The Morgan fingerprint density at radius 3 is 2.50 bits per heavy atom. The number of aliphatic hydroxyl groups excluding tert-OH is 1. The van der Waals surface area contributed by atoms with Crippen LogP contribution in [-0.4, -0.2) is 66.9 Å². The number of nitrogens with two attached hydrogens (primary N) is 2. The number of para-hydroxylation sites is 1. The number of aromatic nitrogens is 1. The highest BCUT2D eigenvalue weighted by atomic mass is 32.2. The smallest absolute Gasteiger partial charge is 0.281 e. The first-order chi connectivity index (χ1) is 17.3. The van der Waals surface area contributed by atoms with E-state index < -0.39 is 6.43 Å². The van der Waals surface area contributed by atoms with Gasteiger partial charge in [0.1, 0.15) is 11.5 Å². The highest BCUT2D eigenvalue weighted by Crippen LogP contribution is 2.29. The second kappa shape index (κ2) is 14.9. The molecule has 2 aromatic rings. The fourth-order valence-electron chi connectivity index (χ4n) is 3.12. The van der Waals surface area contributed by atoms with Gasteiger partial charge in [-0.25, -0.2) is 18.1 Å². The molecule has 1 aromatic heterocycles. The lowest BCUT2D eigenvalue weighted by molar-refractivity contribution is 0.0966. The van der Waals surface area contributed by atoms with Crippen molar-refractivity contribution < 1.29 is 18.7 Å². The Hall–Kier alpha value is -2.52. The summed E-state index contributed by atoms with van der Waals surface area (Å²) in [6.07, 6.45) is 2.57. The molecule has 0 radical (unpaired) electrons. The number of aliphatic hydroxyl groups is 1. The number of anilines is 2. The Labute approximate surface area is 222 Å². The number of halogens is 2. The second-order valence-corrected chi connectivity index (χ2v) is 10.1. The highest BCUT2D eigenvalue weighted by molar-refractivity contribution is 8.00. The molecule has 36 heavy (non-hydrogen) atoms. The summed E-state index contributed by atoms with van der Waals surface area (Å²) in [5.41, 5.74) is 13.2. The van der Waals surface area contributed by atoms with Gasteiger partial charge < -0.3 is 31.1 Å². The largest absolute Gasteiger partial charge is 0.400 e. The molecule has 1 amide bonds. The van der Waals surface area contributed by atoms with Gasteiger partial charge in [0.25, 0.3) is 12.3 Å². The molecule has 2 heterocycles. The first-order valence-electron chi connectivity index (χ1n) is 10.8. The predicted octanol–water partition coefficient (Wildman–Crippen LogP) is 3.20. The third-order valence-electron chi connectivity index (χ3n) is 4.92. The lowest BCUT2D eigenvalue weighted by Gasteiger charge is -2.33. The number of rotatable bonds is 9. The Morgan fingerprint density at radius 1 is 1.22 bits per heavy atom. The van der Waals surface area contributed by atoms with Gasteiger partial charge in [0.05, 0.1) is 16.3 Å². The molecule has 1 aliphatic rings. The van der Waals surface area contributed by atoms with E-state index in [9.17, 15) is 13.6 Å². The van der Waals surface area contributed by atoms with Crippen molar-refractivity contribution in [3.8, 4) is 0 Å². The average molecular weight is 560 g/mol. The van der Waals surface area contributed by atoms with Gasteiger partial charge in [0.2, 0.25) is 0 Å². The maximum absolute atomic E-state index is 12.8. The van der Waals surface area contributed by atoms with Crippen molar-refractivity contribution in [2.24, 2.45) is 11.5 Å². The maximum Gasteiger partial charge on any atom is 0.281 e. The van der Waals surface area contributed by atoms with Gasteiger partial charge in [0, 0.05) is 52.0 Å². The third-order valence-corrected chi connectivity index (χ3v) is 7.56. The molecule has 0 atom stereocenters. The summed E-state index contributed by atoms with van der Waals surface area (Å²) in [5, 5.41) is 12.2. The maximum atomic E-state index is 12.8. The zero-order valence-electron chi connectivity index (χ0n) is 20.2. The molecule has 1 saturated heterocycles. The number of thiazole rings is 1. The zero-order valence-corrected chi connectivity index (χ0v) is 22.7. The first-order valence-corrected chi connectivity index (χ1v) is 13.6. The van der Waals surface area contributed by atoms with Crippen LogP contribution >= 0.6 is 35.2 Å². The number of nitrogens with one attached hydrogen (secondary N) is 1. The van der Waals surface area contributed by atoms with Crippen molar-refractivity contribution in [1.29, 1.82) is 0 Å². The van der Waals surface area contributed by atoms with E-state index in [1.165, 1.54) is 40.6 Å². The van der Waals surface area contributed by atoms with Crippen LogP contribution in [0.4, 0.5) is 19.6 Å². The number of hydrogen-bond donors (Lipinski definition) is 4. The lowest BCUT2D eigenvalue weighted by Crippen LogP contribution is -2.43. The molecule has 198 valence electrons. The zero-order chi connectivity index (χ0) is 26.7. The molecule has 3 rings (SSSR count). The molecule has 1 aromatic carbocycles. The van der Waals surface area contributed by atoms with Gasteiger partial charge in [-0.3, -0.25) is 4.79 Å². The number of nitrogens with zero attached hydrogens (tertiary/aromatic N) is 4. The van der Waals surface area contributed by atoms with Crippen LogP contribution < -0.4 is 26.0 Å². The van der Waals surface area contributed by atoms with Crippen LogP contribution in [0.5, 0.6) is 0 Å². The number of carbonyl (C=O) groups is 1. The number of benzene rings is 1. The van der Waals surface area contributed by atoms with Gasteiger partial charge in [-0.1, -0.05) is 24.1 Å². The number of alkyl halides is 2. The van der Waals surface area contributed by atoms with Gasteiger partial charge >= 0.3 is 0 Å². The first kappa shape index (κ1) is 29.7. The van der Waals surface area contributed by atoms with Crippen LogP contribution in [0.15, 0.2) is 52.6 Å². The van der Waals surface area contributed by atoms with Crippen molar-refractivity contribution in [2.75, 3.05) is 55.8 Å². The monoisotopic (exact) mass is 559 g/mol. The molecule has 0 unspecified atom stereocenters. The van der Waals surface area contributed by atoms with Crippen LogP contribution in [0.3, 0.4) is 0 Å². The highest BCUT2D eigenvalue weighted by Gasteiger charge is 2.22. The van der Waals surface area contributed by atoms with Crippen LogP contribution in [0, 0.1) is 0 Å². The minimum absolute atomic E-state index is 0.179. The molecule has 6 N–H and O–H groups in total. The van der Waals surface area contributed by atoms with Crippen LogP contribution in [-0.2, 0) is 0 Å². The Morgan fingerprint density at radius 2 is 1.89 bits per heavy atom. The Balaban J connectivity index is 0.00000222. The molecule has 0 aliphatic carbocycles. The topological polar surface area (TPSA) is 124 Å². The van der Waals surface area contributed by atoms with Crippen LogP contribution in [0.2, 0.25) is 0 Å². The van der Waals surface area contributed by atoms with E-state index in [0.29, 0.717) is 41.9 Å². The Kier molecular flexibility index (Phi) is 12.3. The SMILES string of the molecule is CO.CSN(C)c1ccccc1C(=O)N/C(N)=C/C=C(\N)SN1CCN(c2nc(C(F)F)cs2)CC1. The van der Waals surface area contributed by atoms with Crippen molar-refractivity contribution in [3.05, 3.63) is 63.9 Å². The molecule has 0 spiro atoms. The Bertz CT molecular complexity index is 1040. The number of carbonyl (C=O) groups excluding carboxylic acids is 1. The van der Waals surface area contributed by atoms with Gasteiger partial charge in [-0.2, -0.15) is 0 Å². The summed E-state index contributed by atoms with van der Waals surface area (Å²) in [6.45, 7) is 2.71. The van der Waals surface area contributed by atoms with Gasteiger partial charge in [0.15, 0.2) is 5.13 Å². The quantitative estimate of drug-likeness (QED) is 0.269. The third kappa shape index (κ3) is 8.55. The summed E-state index contributed by atoms with van der Waals surface area (Å²) >= 11 is 4.11. The van der Waals surface area contributed by atoms with Crippen molar-refractivity contribution in [3.63, 3.8) is 0 Å². The van der Waals surface area contributed by atoms with Crippen molar-refractivity contribution in [2.45, 2.75) is 6.43 Å². The molecule has 9 nitrogen and oxygen atoms in total. The van der Waals surface area contributed by atoms with E-state index in [4.69, 9.17) is 16.6 Å². The minimum Gasteiger partial charge on any atom is -0.400 e. The summed E-state index contributed by atoms with van der Waals surface area (Å²) in [6, 6.07) is 7.28. The minimum atomic E-state index is -2.55. The van der Waals surface area contributed by atoms with E-state index in [1.54, 1.807) is 24.3 Å². The molecule has 1 aliphatic heterocycles. The molecular weight excluding hydrogens is 528 g/mol. The molecular formula is C22H31F2N7O2S3. The van der Waals surface area contributed by atoms with E-state index in [2.05, 4.69) is 14.6 Å². The molecule has 1 fully saturated rings. The summed E-state index contributed by atoms with van der Waals surface area (Å²) in [7, 11) is 2.88. The number of hydrogen-bond acceptors (Lipinski definition) is 11. The molecule has 0 saturated carbocycles. The van der Waals surface area contributed by atoms with Gasteiger partial charge in [-0.15, -0.1) is 11.3 Å². The van der Waals surface area contributed by atoms with Crippen molar-refractivity contribution in [1.82, 2.24) is 14.6 Å². The standard InChI is InChI=1S/C21H27F2N7OS3.CH4O/c1-28(32-2)16-6-4-3-5-14(16)20(31)27-17(24)7-8-18(25)34-30-11-9-29(10-12-30)21-26-15(13-33-21)19(22)23;1-2/h3-8,13,19H,9-12,24-25H2,1-2H3,(H,27,31);2H,1H3/b17-7+,18-8+;. The molecule has 14 heteroatoms. The van der Waals surface area contributed by atoms with E-state index in [-0.39, 0.29) is 17.4 Å².